The third-order valence-corrected chi connectivity index (χ3v) is 3.33. The average Bonchev–Trinajstić information content (AvgIpc) is 2.95. The molecule has 130 valence electrons. The Morgan fingerprint density at radius 3 is 2.83 bits per heavy atom. The first-order valence-electron chi connectivity index (χ1n) is 7.75. The van der Waals surface area contributed by atoms with Crippen molar-refractivity contribution in [2.24, 2.45) is 12.8 Å². The van der Waals surface area contributed by atoms with E-state index in [1.807, 2.05) is 7.05 Å². The molecule has 0 aliphatic carbocycles. The number of methoxy groups -OCH3 is 1. The molecule has 0 radical (unpaired) electrons. The second kappa shape index (κ2) is 8.82. The summed E-state index contributed by atoms with van der Waals surface area (Å²) in [5, 5.41) is 10.2. The van der Waals surface area contributed by atoms with Gasteiger partial charge in [0.25, 0.3) is 5.91 Å². The van der Waals surface area contributed by atoms with Gasteiger partial charge in [-0.1, -0.05) is 0 Å². The van der Waals surface area contributed by atoms with Gasteiger partial charge in [0, 0.05) is 39.7 Å². The van der Waals surface area contributed by atoms with Gasteiger partial charge in [0.15, 0.2) is 0 Å². The van der Waals surface area contributed by atoms with Crippen LogP contribution in [0.3, 0.4) is 0 Å². The molecule has 0 saturated heterocycles. The zero-order valence-electron chi connectivity index (χ0n) is 14.0. The lowest BCUT2D eigenvalue weighted by Gasteiger charge is -2.10. The van der Waals surface area contributed by atoms with E-state index in [1.165, 1.54) is 6.20 Å². The van der Waals surface area contributed by atoms with E-state index < -0.39 is 5.91 Å². The summed E-state index contributed by atoms with van der Waals surface area (Å²) in [4.78, 5) is 20.0. The number of carbonyl (C=O) groups is 1. The number of primary amides is 1. The monoisotopic (exact) mass is 333 g/mol. The molecule has 2 heterocycles. The lowest BCUT2D eigenvalue weighted by molar-refractivity contribution is 0.100. The Morgan fingerprint density at radius 1 is 1.33 bits per heavy atom. The number of carbonyl (C=O) groups excluding carboxylic acids is 1. The molecular weight excluding hydrogens is 310 g/mol. The van der Waals surface area contributed by atoms with Gasteiger partial charge in [-0.25, -0.2) is 4.98 Å². The van der Waals surface area contributed by atoms with Gasteiger partial charge >= 0.3 is 0 Å². The van der Waals surface area contributed by atoms with Crippen molar-refractivity contribution in [2.45, 2.75) is 19.3 Å². The first kappa shape index (κ1) is 17.7. The average molecular weight is 333 g/mol. The summed E-state index contributed by atoms with van der Waals surface area (Å²) >= 11 is 0. The molecule has 1 amide bonds. The molecule has 0 fully saturated rings. The summed E-state index contributed by atoms with van der Waals surface area (Å²) < 4.78 is 6.68. The highest BCUT2D eigenvalue weighted by Crippen LogP contribution is 2.17. The van der Waals surface area contributed by atoms with Crippen molar-refractivity contribution < 1.29 is 9.53 Å². The summed E-state index contributed by atoms with van der Waals surface area (Å²) in [6, 6.07) is 0. The Morgan fingerprint density at radius 2 is 2.17 bits per heavy atom. The third-order valence-electron chi connectivity index (χ3n) is 3.33. The van der Waals surface area contributed by atoms with E-state index in [1.54, 1.807) is 24.2 Å². The second-order valence-electron chi connectivity index (χ2n) is 5.33. The van der Waals surface area contributed by atoms with Crippen LogP contribution in [0.15, 0.2) is 18.6 Å². The minimum atomic E-state index is -0.565. The Hall–Kier alpha value is -2.68. The minimum Gasteiger partial charge on any atom is -0.385 e. The van der Waals surface area contributed by atoms with Crippen molar-refractivity contribution in [1.82, 2.24) is 19.7 Å². The number of nitrogens with zero attached hydrogens (tertiary/aromatic N) is 4. The molecule has 9 heteroatoms. The molecule has 9 nitrogen and oxygen atoms in total. The van der Waals surface area contributed by atoms with E-state index in [0.29, 0.717) is 18.3 Å². The predicted molar refractivity (Wildman–Crippen MR) is 91.3 cm³/mol. The van der Waals surface area contributed by atoms with E-state index in [9.17, 15) is 4.79 Å². The Bertz CT molecular complexity index is 672. The fourth-order valence-corrected chi connectivity index (χ4v) is 2.13. The highest BCUT2D eigenvalue weighted by Gasteiger charge is 2.12. The molecule has 0 aliphatic rings. The van der Waals surface area contributed by atoms with E-state index >= 15 is 0 Å². The maximum absolute atomic E-state index is 11.5. The summed E-state index contributed by atoms with van der Waals surface area (Å²) in [6.07, 6.45) is 7.85. The smallest absolute Gasteiger partial charge is 0.254 e. The van der Waals surface area contributed by atoms with Crippen LogP contribution in [0.2, 0.25) is 0 Å². The number of aryl methyl sites for hydroxylation is 1. The van der Waals surface area contributed by atoms with Crippen LogP contribution in [-0.4, -0.2) is 45.9 Å². The number of hydrogen-bond acceptors (Lipinski definition) is 7. The van der Waals surface area contributed by atoms with Gasteiger partial charge in [-0.2, -0.15) is 10.1 Å². The van der Waals surface area contributed by atoms with Crippen molar-refractivity contribution in [1.29, 1.82) is 0 Å². The Balaban J connectivity index is 2.00. The molecule has 0 unspecified atom stereocenters. The van der Waals surface area contributed by atoms with E-state index in [2.05, 4.69) is 25.7 Å². The number of nitrogens with two attached hydrogens (primary N) is 1. The minimum absolute atomic E-state index is 0.267. The Kier molecular flexibility index (Phi) is 6.50. The maximum Gasteiger partial charge on any atom is 0.254 e. The fourth-order valence-electron chi connectivity index (χ4n) is 2.13. The van der Waals surface area contributed by atoms with Gasteiger partial charge in [0.1, 0.15) is 5.82 Å². The number of anilines is 3. The zero-order valence-corrected chi connectivity index (χ0v) is 14.0. The number of ether oxygens (including phenoxy) is 1. The van der Waals surface area contributed by atoms with Gasteiger partial charge < -0.3 is 21.1 Å². The first-order chi connectivity index (χ1) is 11.6. The SMILES string of the molecule is COCCCCCNc1nc(Nc2cnn(C)c2)ncc1C(N)=O. The number of rotatable bonds is 10. The molecule has 0 spiro atoms. The number of unbranched alkanes of at least 4 members (excludes halogenated alkanes) is 2. The van der Waals surface area contributed by atoms with Crippen LogP contribution in [0.1, 0.15) is 29.6 Å². The zero-order chi connectivity index (χ0) is 17.4. The fraction of sp³-hybridized carbons (Fsp3) is 0.467. The highest BCUT2D eigenvalue weighted by molar-refractivity contribution is 5.97. The van der Waals surface area contributed by atoms with Crippen LogP contribution < -0.4 is 16.4 Å². The normalized spacial score (nSPS) is 10.6. The van der Waals surface area contributed by atoms with E-state index in [0.717, 1.165) is 31.6 Å². The molecule has 24 heavy (non-hydrogen) atoms. The van der Waals surface area contributed by atoms with Crippen molar-refractivity contribution in [3.63, 3.8) is 0 Å². The van der Waals surface area contributed by atoms with E-state index in [-0.39, 0.29) is 5.56 Å². The van der Waals surface area contributed by atoms with Crippen LogP contribution in [0, 0.1) is 0 Å². The van der Waals surface area contributed by atoms with Crippen molar-refractivity contribution >= 4 is 23.4 Å². The van der Waals surface area contributed by atoms with Crippen molar-refractivity contribution in [2.75, 3.05) is 30.9 Å². The molecule has 0 aromatic carbocycles. The number of aromatic nitrogens is 4. The number of nitrogens with one attached hydrogen (secondary N) is 2. The largest absolute Gasteiger partial charge is 0.385 e. The molecule has 4 N–H and O–H groups in total. The summed E-state index contributed by atoms with van der Waals surface area (Å²) in [7, 11) is 3.51. The van der Waals surface area contributed by atoms with Gasteiger partial charge in [-0.05, 0) is 19.3 Å². The van der Waals surface area contributed by atoms with Crippen LogP contribution in [0.5, 0.6) is 0 Å². The van der Waals surface area contributed by atoms with Crippen LogP contribution >= 0.6 is 0 Å². The Labute approximate surface area is 140 Å². The third kappa shape index (κ3) is 5.20. The lowest BCUT2D eigenvalue weighted by Crippen LogP contribution is -2.17. The highest BCUT2D eigenvalue weighted by atomic mass is 16.5. The van der Waals surface area contributed by atoms with Gasteiger partial charge in [-0.3, -0.25) is 9.48 Å². The van der Waals surface area contributed by atoms with Gasteiger partial charge in [0.05, 0.1) is 17.4 Å². The lowest BCUT2D eigenvalue weighted by atomic mass is 10.2. The summed E-state index contributed by atoms with van der Waals surface area (Å²) in [5.41, 5.74) is 6.41. The molecule has 0 bridgehead atoms. The molecule has 2 aromatic rings. The number of amides is 1. The standard InChI is InChI=1S/C15H23N7O2/c1-22-10-11(8-19-22)20-15-18-9-12(13(16)23)14(21-15)17-6-4-3-5-7-24-2/h8-10H,3-7H2,1-2H3,(H2,16,23)(H2,17,18,20,21). The van der Waals surface area contributed by atoms with Crippen LogP contribution in [0.4, 0.5) is 17.5 Å². The van der Waals surface area contributed by atoms with Gasteiger partial charge in [0.2, 0.25) is 5.95 Å². The van der Waals surface area contributed by atoms with Gasteiger partial charge in [-0.15, -0.1) is 0 Å². The topological polar surface area (TPSA) is 120 Å². The summed E-state index contributed by atoms with van der Waals surface area (Å²) in [5.74, 6) is 0.232. The quantitative estimate of drug-likeness (QED) is 0.560. The van der Waals surface area contributed by atoms with E-state index in [4.69, 9.17) is 10.5 Å². The van der Waals surface area contributed by atoms with Crippen molar-refractivity contribution in [3.05, 3.63) is 24.2 Å². The van der Waals surface area contributed by atoms with Crippen molar-refractivity contribution in [3.8, 4) is 0 Å². The summed E-state index contributed by atoms with van der Waals surface area (Å²) in [6.45, 7) is 1.44. The van der Waals surface area contributed by atoms with Crippen LogP contribution in [-0.2, 0) is 11.8 Å². The molecule has 0 aliphatic heterocycles. The molecule has 0 saturated carbocycles. The molecule has 2 aromatic heterocycles. The molecule has 0 atom stereocenters. The molecule has 2 rings (SSSR count). The predicted octanol–water partition coefficient (Wildman–Crippen LogP) is 1.28. The second-order valence-corrected chi connectivity index (χ2v) is 5.33. The molecular formula is C15H23N7O2. The van der Waals surface area contributed by atoms with Crippen LogP contribution in [0.25, 0.3) is 0 Å². The maximum atomic E-state index is 11.5. The number of hydrogen-bond donors (Lipinski definition) is 3. The first-order valence-corrected chi connectivity index (χ1v) is 7.75.